The van der Waals surface area contributed by atoms with Gasteiger partial charge in [-0.2, -0.15) is 0 Å². The third-order valence-electron chi connectivity index (χ3n) is 3.79. The second-order valence-electron chi connectivity index (χ2n) is 5.15. The molecule has 1 aliphatic rings. The Labute approximate surface area is 115 Å². The Bertz CT molecular complexity index is 490. The monoisotopic (exact) mass is 257 g/mol. The zero-order valence-electron chi connectivity index (χ0n) is 11.4. The highest BCUT2D eigenvalue weighted by molar-refractivity contribution is 5.77. The second kappa shape index (κ2) is 6.40. The van der Waals surface area contributed by atoms with E-state index in [4.69, 9.17) is 6.42 Å². The Hall–Kier alpha value is -1.79. The standard InChI is InChI=1S/C16H20N2O/c1-3-11-17-16(19)12-18(2)15-10-6-8-13-7-4-5-9-14(13)15/h1,4-5,7,9,15H,6,8,10-12H2,2H3,(H,17,19)/p+1/t15-/m0/s1. The van der Waals surface area contributed by atoms with Crippen LogP contribution in [0.1, 0.15) is 30.0 Å². The molecule has 0 bridgehead atoms. The van der Waals surface area contributed by atoms with Crippen molar-refractivity contribution in [2.75, 3.05) is 20.1 Å². The van der Waals surface area contributed by atoms with Crippen LogP contribution in [-0.2, 0) is 11.2 Å². The van der Waals surface area contributed by atoms with Crippen molar-refractivity contribution in [1.29, 1.82) is 0 Å². The molecular weight excluding hydrogens is 236 g/mol. The molecule has 0 heterocycles. The number of hydrogen-bond acceptors (Lipinski definition) is 1. The summed E-state index contributed by atoms with van der Waals surface area (Å²) >= 11 is 0. The van der Waals surface area contributed by atoms with E-state index in [0.29, 0.717) is 19.1 Å². The first-order valence-corrected chi connectivity index (χ1v) is 6.82. The summed E-state index contributed by atoms with van der Waals surface area (Å²) in [5, 5.41) is 2.73. The van der Waals surface area contributed by atoms with Gasteiger partial charge in [0.15, 0.2) is 6.54 Å². The summed E-state index contributed by atoms with van der Waals surface area (Å²) in [7, 11) is 2.09. The SMILES string of the molecule is C#CCNC(=O)C[NH+](C)[C@H]1CCCc2ccccc21. The van der Waals surface area contributed by atoms with Crippen LogP contribution in [0.15, 0.2) is 24.3 Å². The zero-order valence-corrected chi connectivity index (χ0v) is 11.4. The fraction of sp³-hybridized carbons (Fsp3) is 0.438. The number of amides is 1. The molecule has 0 aromatic heterocycles. The number of hydrogen-bond donors (Lipinski definition) is 2. The topological polar surface area (TPSA) is 33.5 Å². The van der Waals surface area contributed by atoms with E-state index in [1.807, 2.05) is 0 Å². The average Bonchev–Trinajstić information content (AvgIpc) is 2.44. The van der Waals surface area contributed by atoms with E-state index < -0.39 is 0 Å². The average molecular weight is 257 g/mol. The number of fused-ring (bicyclic) bond motifs is 1. The highest BCUT2D eigenvalue weighted by Gasteiger charge is 2.27. The van der Waals surface area contributed by atoms with Crippen LogP contribution in [0.25, 0.3) is 0 Å². The Morgan fingerprint density at radius 1 is 1.53 bits per heavy atom. The molecule has 2 atom stereocenters. The third-order valence-corrected chi connectivity index (χ3v) is 3.79. The maximum atomic E-state index is 11.7. The van der Waals surface area contributed by atoms with Crippen LogP contribution < -0.4 is 10.2 Å². The highest BCUT2D eigenvalue weighted by atomic mass is 16.2. The van der Waals surface area contributed by atoms with Crippen molar-refractivity contribution in [2.24, 2.45) is 0 Å². The molecule has 1 unspecified atom stereocenters. The molecule has 2 N–H and O–H groups in total. The first kappa shape index (κ1) is 13.6. The second-order valence-corrected chi connectivity index (χ2v) is 5.15. The van der Waals surface area contributed by atoms with Gasteiger partial charge in [-0.3, -0.25) is 4.79 Å². The Morgan fingerprint density at radius 2 is 2.32 bits per heavy atom. The minimum Gasteiger partial charge on any atom is -0.340 e. The molecule has 3 heteroatoms. The molecule has 0 aliphatic heterocycles. The smallest absolute Gasteiger partial charge is 0.275 e. The normalized spacial score (nSPS) is 19.1. The van der Waals surface area contributed by atoms with E-state index in [2.05, 4.69) is 42.6 Å². The van der Waals surface area contributed by atoms with Crippen molar-refractivity contribution in [3.05, 3.63) is 35.4 Å². The van der Waals surface area contributed by atoms with Gasteiger partial charge >= 0.3 is 0 Å². The van der Waals surface area contributed by atoms with Crippen molar-refractivity contribution >= 4 is 5.91 Å². The van der Waals surface area contributed by atoms with E-state index in [-0.39, 0.29) is 5.91 Å². The molecule has 1 amide bonds. The van der Waals surface area contributed by atoms with Gasteiger partial charge in [-0.05, 0) is 18.4 Å². The van der Waals surface area contributed by atoms with Gasteiger partial charge in [-0.25, -0.2) is 0 Å². The van der Waals surface area contributed by atoms with Gasteiger partial charge in [0, 0.05) is 12.0 Å². The number of aryl methyl sites for hydroxylation is 1. The highest BCUT2D eigenvalue weighted by Crippen LogP contribution is 2.27. The van der Waals surface area contributed by atoms with Crippen molar-refractivity contribution in [2.45, 2.75) is 25.3 Å². The van der Waals surface area contributed by atoms with Gasteiger partial charge in [-0.1, -0.05) is 30.2 Å². The Balaban J connectivity index is 2.03. The number of likely N-dealkylation sites (N-methyl/N-ethyl adjacent to an activating group) is 1. The fourth-order valence-corrected chi connectivity index (χ4v) is 2.85. The van der Waals surface area contributed by atoms with E-state index >= 15 is 0 Å². The number of rotatable bonds is 4. The molecule has 1 aromatic carbocycles. The van der Waals surface area contributed by atoms with E-state index in [0.717, 1.165) is 12.8 Å². The van der Waals surface area contributed by atoms with Gasteiger partial charge in [-0.15, -0.1) is 6.42 Å². The summed E-state index contributed by atoms with van der Waals surface area (Å²) in [4.78, 5) is 13.0. The molecule has 0 spiro atoms. The summed E-state index contributed by atoms with van der Waals surface area (Å²) in [6.07, 6.45) is 8.64. The minimum atomic E-state index is 0.0264. The van der Waals surface area contributed by atoms with Crippen LogP contribution in [0.2, 0.25) is 0 Å². The van der Waals surface area contributed by atoms with E-state index in [1.165, 1.54) is 22.4 Å². The lowest BCUT2D eigenvalue weighted by Gasteiger charge is -2.30. The summed E-state index contributed by atoms with van der Waals surface area (Å²) in [5.41, 5.74) is 2.83. The maximum Gasteiger partial charge on any atom is 0.275 e. The predicted molar refractivity (Wildman–Crippen MR) is 75.7 cm³/mol. The Kier molecular flexibility index (Phi) is 4.59. The van der Waals surface area contributed by atoms with Gasteiger partial charge in [0.1, 0.15) is 6.04 Å². The van der Waals surface area contributed by atoms with Crippen molar-refractivity contribution < 1.29 is 9.69 Å². The molecule has 19 heavy (non-hydrogen) atoms. The zero-order chi connectivity index (χ0) is 13.7. The number of benzene rings is 1. The lowest BCUT2D eigenvalue weighted by Crippen LogP contribution is -3.10. The van der Waals surface area contributed by atoms with Gasteiger partial charge in [0.2, 0.25) is 0 Å². The van der Waals surface area contributed by atoms with Crippen molar-refractivity contribution in [3.63, 3.8) is 0 Å². The van der Waals surface area contributed by atoms with Gasteiger partial charge in [0.25, 0.3) is 5.91 Å². The molecule has 2 rings (SSSR count). The van der Waals surface area contributed by atoms with Crippen molar-refractivity contribution in [3.8, 4) is 12.3 Å². The van der Waals surface area contributed by atoms with E-state index in [1.54, 1.807) is 0 Å². The van der Waals surface area contributed by atoms with Crippen LogP contribution in [0, 0.1) is 12.3 Å². The Morgan fingerprint density at radius 3 is 3.11 bits per heavy atom. The van der Waals surface area contributed by atoms with Crippen LogP contribution in [0.5, 0.6) is 0 Å². The first-order chi connectivity index (χ1) is 9.22. The molecule has 3 nitrogen and oxygen atoms in total. The quantitative estimate of drug-likeness (QED) is 0.749. The number of carbonyl (C=O) groups is 1. The molecule has 1 aliphatic carbocycles. The number of quaternary nitrogens is 1. The van der Waals surface area contributed by atoms with Crippen LogP contribution in [0.4, 0.5) is 0 Å². The van der Waals surface area contributed by atoms with Crippen LogP contribution >= 0.6 is 0 Å². The lowest BCUT2D eigenvalue weighted by molar-refractivity contribution is -0.905. The maximum absolute atomic E-state index is 11.7. The summed E-state index contributed by atoms with van der Waals surface area (Å²) in [5.74, 6) is 2.45. The van der Waals surface area contributed by atoms with Crippen LogP contribution in [0.3, 0.4) is 0 Å². The van der Waals surface area contributed by atoms with E-state index in [9.17, 15) is 4.79 Å². The number of nitrogens with one attached hydrogen (secondary N) is 2. The summed E-state index contributed by atoms with van der Waals surface area (Å²) in [6.45, 7) is 0.786. The third kappa shape index (κ3) is 3.36. The molecule has 100 valence electrons. The number of carbonyl (C=O) groups excluding carboxylic acids is 1. The summed E-state index contributed by atoms with van der Waals surface area (Å²) < 4.78 is 0. The van der Waals surface area contributed by atoms with Gasteiger partial charge < -0.3 is 10.2 Å². The number of terminal acetylenes is 1. The molecule has 0 saturated carbocycles. The first-order valence-electron chi connectivity index (χ1n) is 6.82. The predicted octanol–water partition coefficient (Wildman–Crippen LogP) is 0.328. The van der Waals surface area contributed by atoms with Crippen molar-refractivity contribution in [1.82, 2.24) is 5.32 Å². The fourth-order valence-electron chi connectivity index (χ4n) is 2.85. The largest absolute Gasteiger partial charge is 0.340 e. The molecule has 0 saturated heterocycles. The molecular formula is C16H21N2O+. The molecule has 0 radical (unpaired) electrons. The van der Waals surface area contributed by atoms with Gasteiger partial charge in [0.05, 0.1) is 13.6 Å². The molecule has 1 aromatic rings. The molecule has 0 fully saturated rings. The minimum absolute atomic E-state index is 0.0264. The lowest BCUT2D eigenvalue weighted by atomic mass is 9.87. The van der Waals surface area contributed by atoms with Crippen LogP contribution in [-0.4, -0.2) is 26.0 Å². The summed E-state index contributed by atoms with van der Waals surface area (Å²) in [6, 6.07) is 9.00.